The van der Waals surface area contributed by atoms with E-state index in [4.69, 9.17) is 23.7 Å². The molecule has 11 nitrogen and oxygen atoms in total. The van der Waals surface area contributed by atoms with Crippen molar-refractivity contribution in [2.24, 2.45) is 5.92 Å². The fourth-order valence-electron chi connectivity index (χ4n) is 6.59. The number of fused-ring (bicyclic) bond motifs is 3. The minimum Gasteiger partial charge on any atom is -0.493 e. The van der Waals surface area contributed by atoms with E-state index < -0.39 is 0 Å². The fourth-order valence-corrected chi connectivity index (χ4v) is 6.59. The summed E-state index contributed by atoms with van der Waals surface area (Å²) in [6.07, 6.45) is 3.91. The minimum atomic E-state index is -0.377. The van der Waals surface area contributed by atoms with Crippen LogP contribution in [0.1, 0.15) is 81.6 Å². The van der Waals surface area contributed by atoms with Gasteiger partial charge in [-0.15, -0.1) is 0 Å². The second-order valence-corrected chi connectivity index (χ2v) is 12.7. The zero-order chi connectivity index (χ0) is 36.4. The quantitative estimate of drug-likeness (QED) is 0.147. The van der Waals surface area contributed by atoms with E-state index in [0.29, 0.717) is 72.2 Å². The van der Waals surface area contributed by atoms with Crippen LogP contribution in [0.25, 0.3) is 11.1 Å². The highest BCUT2D eigenvalue weighted by Gasteiger charge is 2.29. The lowest BCUT2D eigenvalue weighted by Crippen LogP contribution is -2.31. The summed E-state index contributed by atoms with van der Waals surface area (Å²) in [5.41, 5.74) is 4.49. The van der Waals surface area contributed by atoms with Crippen LogP contribution in [-0.2, 0) is 16.0 Å². The lowest BCUT2D eigenvalue weighted by Gasteiger charge is -2.24. The molecule has 11 heteroatoms. The van der Waals surface area contributed by atoms with Crippen LogP contribution >= 0.6 is 0 Å². The molecule has 0 radical (unpaired) electrons. The molecule has 0 spiro atoms. The Balaban J connectivity index is 1.44. The van der Waals surface area contributed by atoms with Crippen molar-refractivity contribution in [1.82, 2.24) is 10.6 Å². The van der Waals surface area contributed by atoms with E-state index in [1.165, 1.54) is 6.92 Å². The van der Waals surface area contributed by atoms with Crippen LogP contribution in [0.2, 0.25) is 0 Å². The molecule has 3 aromatic carbocycles. The van der Waals surface area contributed by atoms with Crippen LogP contribution in [0.4, 0.5) is 5.69 Å². The first-order valence-electron chi connectivity index (χ1n) is 17.1. The van der Waals surface area contributed by atoms with Gasteiger partial charge in [-0.05, 0) is 84.2 Å². The maximum absolute atomic E-state index is 13.6. The lowest BCUT2D eigenvalue weighted by molar-refractivity contribution is -0.122. The second-order valence-electron chi connectivity index (χ2n) is 12.7. The second kappa shape index (κ2) is 17.6. The number of hydrogen-bond acceptors (Lipinski definition) is 9. The molecular weight excluding hydrogens is 638 g/mol. The maximum atomic E-state index is 13.6. The Morgan fingerprint density at radius 2 is 1.54 bits per heavy atom. The number of amides is 2. The van der Waals surface area contributed by atoms with Crippen LogP contribution in [0.3, 0.4) is 0 Å². The monoisotopic (exact) mass is 689 g/mol. The number of aryl methyl sites for hydroxylation is 1. The highest BCUT2D eigenvalue weighted by Crippen LogP contribution is 2.50. The number of methoxy groups -OCH3 is 5. The van der Waals surface area contributed by atoms with E-state index in [1.54, 1.807) is 47.7 Å². The van der Waals surface area contributed by atoms with Gasteiger partial charge in [-0.3, -0.25) is 14.4 Å². The Labute approximate surface area is 295 Å². The lowest BCUT2D eigenvalue weighted by atomic mass is 9.95. The summed E-state index contributed by atoms with van der Waals surface area (Å²) in [7, 11) is 7.91. The molecular formula is C39H51N3O8. The number of ether oxygens (including phenoxy) is 5. The molecule has 3 N–H and O–H groups in total. The first-order valence-corrected chi connectivity index (χ1v) is 17.1. The molecule has 2 atom stereocenters. The van der Waals surface area contributed by atoms with Crippen LogP contribution in [-0.4, -0.2) is 53.9 Å². The van der Waals surface area contributed by atoms with Gasteiger partial charge < -0.3 is 39.6 Å². The molecule has 4 rings (SSSR count). The summed E-state index contributed by atoms with van der Waals surface area (Å²) in [6, 6.07) is 12.4. The van der Waals surface area contributed by atoms with E-state index in [0.717, 1.165) is 35.1 Å². The summed E-state index contributed by atoms with van der Waals surface area (Å²) >= 11 is 0. The van der Waals surface area contributed by atoms with E-state index in [2.05, 4.69) is 29.8 Å². The van der Waals surface area contributed by atoms with E-state index in [9.17, 15) is 14.4 Å². The molecule has 270 valence electrons. The third-order valence-electron chi connectivity index (χ3n) is 9.06. The Morgan fingerprint density at radius 3 is 2.18 bits per heavy atom. The number of carbonyl (C=O) groups is 2. The molecule has 0 saturated carbocycles. The van der Waals surface area contributed by atoms with Gasteiger partial charge in [-0.1, -0.05) is 32.4 Å². The van der Waals surface area contributed by atoms with Crippen molar-refractivity contribution < 1.29 is 33.3 Å². The highest BCUT2D eigenvalue weighted by molar-refractivity contribution is 5.84. The number of benzene rings is 2. The smallest absolute Gasteiger partial charge is 0.220 e. The van der Waals surface area contributed by atoms with Crippen LogP contribution in [0, 0.1) is 5.92 Å². The third-order valence-corrected chi connectivity index (χ3v) is 9.06. The predicted molar refractivity (Wildman–Crippen MR) is 195 cm³/mol. The first kappa shape index (κ1) is 37.9. The summed E-state index contributed by atoms with van der Waals surface area (Å²) in [4.78, 5) is 38.7. The van der Waals surface area contributed by atoms with Crippen molar-refractivity contribution in [3.05, 3.63) is 69.4 Å². The van der Waals surface area contributed by atoms with Gasteiger partial charge in [-0.25, -0.2) is 0 Å². The molecule has 1 aliphatic rings. The van der Waals surface area contributed by atoms with Gasteiger partial charge in [-0.2, -0.15) is 0 Å². The van der Waals surface area contributed by atoms with Crippen molar-refractivity contribution in [3.8, 4) is 39.9 Å². The van der Waals surface area contributed by atoms with E-state index in [-0.39, 0.29) is 35.2 Å². The number of unbranched alkanes of at least 4 members (excludes halogenated alkanes) is 2. The number of hydrogen-bond donors (Lipinski definition) is 3. The minimum absolute atomic E-state index is 0.0106. The Kier molecular flexibility index (Phi) is 13.4. The molecule has 2 amide bonds. The van der Waals surface area contributed by atoms with E-state index >= 15 is 0 Å². The van der Waals surface area contributed by atoms with Gasteiger partial charge >= 0.3 is 0 Å². The van der Waals surface area contributed by atoms with Gasteiger partial charge in [0.05, 0.1) is 53.3 Å². The molecule has 0 bridgehead atoms. The van der Waals surface area contributed by atoms with Crippen molar-refractivity contribution >= 4 is 17.5 Å². The Bertz CT molecular complexity index is 1720. The standard InChI is InChI=1S/C39H51N3O8/c1-23(2)37(26-14-18-32(46-4)33(21-26)47-5)42-35(45)12-10-9-11-19-40-30-17-15-27-28(22-31(30)44)29(41-24(3)43)16-13-25-20-34(48-6)38(49-7)39(50-8)36(25)27/h14-15,17-18,20-23,29,37H,9-13,16,19H2,1-8H3,(H,40,44)(H,41,43)(H,42,45). The van der Waals surface area contributed by atoms with Crippen LogP contribution in [0.5, 0.6) is 28.7 Å². The van der Waals surface area contributed by atoms with Gasteiger partial charge in [0.15, 0.2) is 23.0 Å². The number of carbonyl (C=O) groups excluding carboxylic acids is 2. The molecule has 0 aromatic heterocycles. The Morgan fingerprint density at radius 1 is 0.820 bits per heavy atom. The van der Waals surface area contributed by atoms with Crippen molar-refractivity contribution in [1.29, 1.82) is 0 Å². The summed E-state index contributed by atoms with van der Waals surface area (Å²) in [5.74, 6) is 2.77. The average Bonchev–Trinajstić information content (AvgIpc) is 3.35. The topological polar surface area (TPSA) is 133 Å². The van der Waals surface area contributed by atoms with Gasteiger partial charge in [0.25, 0.3) is 0 Å². The van der Waals surface area contributed by atoms with E-state index in [1.807, 2.05) is 30.3 Å². The maximum Gasteiger partial charge on any atom is 0.220 e. The molecule has 50 heavy (non-hydrogen) atoms. The third kappa shape index (κ3) is 8.80. The molecule has 0 heterocycles. The summed E-state index contributed by atoms with van der Waals surface area (Å²) in [5, 5.41) is 9.52. The number of rotatable bonds is 16. The van der Waals surface area contributed by atoms with Crippen molar-refractivity contribution in [2.45, 2.75) is 71.4 Å². The van der Waals surface area contributed by atoms with Gasteiger partial charge in [0.1, 0.15) is 0 Å². The van der Waals surface area contributed by atoms with Crippen molar-refractivity contribution in [3.63, 3.8) is 0 Å². The zero-order valence-electron chi connectivity index (χ0n) is 30.5. The molecule has 0 fully saturated rings. The Hall–Kier alpha value is -4.93. The highest BCUT2D eigenvalue weighted by atomic mass is 16.5. The fraction of sp³-hybridized carbons (Fsp3) is 0.462. The molecule has 0 aliphatic heterocycles. The average molecular weight is 690 g/mol. The SMILES string of the molecule is COc1ccc(C(NC(=O)CCCCCNc2ccc3c(cc2=O)C(NC(C)=O)CCc2cc(OC)c(OC)c(OC)c2-3)C(C)C)cc1OC. The van der Waals surface area contributed by atoms with Crippen LogP contribution < -0.4 is 45.1 Å². The zero-order valence-corrected chi connectivity index (χ0v) is 30.5. The summed E-state index contributed by atoms with van der Waals surface area (Å²) in [6.45, 7) is 6.18. The predicted octanol–water partition coefficient (Wildman–Crippen LogP) is 6.37. The normalized spacial score (nSPS) is 14.0. The molecule has 3 aromatic rings. The number of nitrogens with one attached hydrogen (secondary N) is 3. The number of anilines is 1. The van der Waals surface area contributed by atoms with Crippen molar-refractivity contribution in [2.75, 3.05) is 47.4 Å². The molecule has 2 unspecified atom stereocenters. The molecule has 0 saturated heterocycles. The first-order chi connectivity index (χ1) is 24.1. The molecule has 1 aliphatic carbocycles. The summed E-state index contributed by atoms with van der Waals surface area (Å²) < 4.78 is 28.0. The largest absolute Gasteiger partial charge is 0.493 e. The van der Waals surface area contributed by atoms with Gasteiger partial charge in [0.2, 0.25) is 23.0 Å². The van der Waals surface area contributed by atoms with Gasteiger partial charge in [0, 0.05) is 25.5 Å². The van der Waals surface area contributed by atoms with Crippen LogP contribution in [0.15, 0.2) is 47.3 Å².